The van der Waals surface area contributed by atoms with Crippen LogP contribution < -0.4 is 20.1 Å². The number of nitrogens with one attached hydrogen (secondary N) is 2. The van der Waals surface area contributed by atoms with Crippen molar-refractivity contribution < 1.29 is 19.1 Å². The molecule has 2 aromatic carbocycles. The first-order chi connectivity index (χ1) is 14.0. The Balaban J connectivity index is 1.68. The number of rotatable bonds is 7. The third kappa shape index (κ3) is 4.86. The normalized spacial score (nSPS) is 10.2. The highest BCUT2D eigenvalue weighted by Crippen LogP contribution is 2.29. The van der Waals surface area contributed by atoms with E-state index in [4.69, 9.17) is 9.47 Å². The highest BCUT2D eigenvalue weighted by atomic mass is 16.5. The fourth-order valence-electron chi connectivity index (χ4n) is 2.54. The lowest BCUT2D eigenvalue weighted by Crippen LogP contribution is -2.15. The van der Waals surface area contributed by atoms with Crippen molar-refractivity contribution in [3.63, 3.8) is 0 Å². The Labute approximate surface area is 167 Å². The predicted molar refractivity (Wildman–Crippen MR) is 109 cm³/mol. The molecule has 0 spiro atoms. The second-order valence-electron chi connectivity index (χ2n) is 6.08. The molecule has 148 valence electrons. The van der Waals surface area contributed by atoms with Gasteiger partial charge in [-0.25, -0.2) is 0 Å². The highest BCUT2D eigenvalue weighted by Gasteiger charge is 2.13. The molecule has 0 unspecified atom stereocenters. The number of aromatic nitrogens is 2. The molecule has 0 fully saturated rings. The van der Waals surface area contributed by atoms with Crippen molar-refractivity contribution in [1.82, 2.24) is 10.2 Å². The molecule has 2 N–H and O–H groups in total. The lowest BCUT2D eigenvalue weighted by atomic mass is 10.1. The third-order valence-corrected chi connectivity index (χ3v) is 4.12. The number of hydrogen-bond acceptors (Lipinski definition) is 7. The van der Waals surface area contributed by atoms with Crippen molar-refractivity contribution in [2.24, 2.45) is 0 Å². The van der Waals surface area contributed by atoms with Crippen molar-refractivity contribution in [2.45, 2.75) is 6.92 Å². The van der Waals surface area contributed by atoms with Crippen LogP contribution >= 0.6 is 0 Å². The Hall–Kier alpha value is -3.94. The van der Waals surface area contributed by atoms with E-state index in [2.05, 4.69) is 20.8 Å². The van der Waals surface area contributed by atoms with Gasteiger partial charge in [-0.1, -0.05) is 0 Å². The molecule has 0 bridgehead atoms. The number of benzene rings is 2. The van der Waals surface area contributed by atoms with Gasteiger partial charge in [0.25, 0.3) is 5.91 Å². The van der Waals surface area contributed by atoms with Gasteiger partial charge in [-0.3, -0.25) is 9.59 Å². The van der Waals surface area contributed by atoms with Gasteiger partial charge < -0.3 is 20.1 Å². The minimum Gasteiger partial charge on any atom is -0.497 e. The second-order valence-corrected chi connectivity index (χ2v) is 6.08. The van der Waals surface area contributed by atoms with E-state index in [0.29, 0.717) is 28.6 Å². The minimum absolute atomic E-state index is 0.000183. The molecule has 1 heterocycles. The van der Waals surface area contributed by atoms with Gasteiger partial charge in [0.1, 0.15) is 11.5 Å². The van der Waals surface area contributed by atoms with Crippen molar-refractivity contribution in [2.75, 3.05) is 24.9 Å². The number of amides is 1. The summed E-state index contributed by atoms with van der Waals surface area (Å²) >= 11 is 0. The summed E-state index contributed by atoms with van der Waals surface area (Å²) in [4.78, 5) is 23.8. The molecule has 0 aliphatic heterocycles. The Morgan fingerprint density at radius 3 is 2.24 bits per heavy atom. The van der Waals surface area contributed by atoms with Gasteiger partial charge in [0, 0.05) is 17.3 Å². The number of hydrogen-bond donors (Lipinski definition) is 2. The van der Waals surface area contributed by atoms with E-state index in [1.165, 1.54) is 14.0 Å². The zero-order chi connectivity index (χ0) is 20.8. The van der Waals surface area contributed by atoms with Crippen LogP contribution in [0.2, 0.25) is 0 Å². The fraction of sp³-hybridized carbons (Fsp3) is 0.143. The zero-order valence-electron chi connectivity index (χ0n) is 16.2. The van der Waals surface area contributed by atoms with Crippen molar-refractivity contribution in [3.8, 4) is 11.5 Å². The molecule has 3 rings (SSSR count). The Morgan fingerprint density at radius 2 is 1.66 bits per heavy atom. The second kappa shape index (κ2) is 8.83. The highest BCUT2D eigenvalue weighted by molar-refractivity contribution is 6.03. The molecule has 0 radical (unpaired) electrons. The largest absolute Gasteiger partial charge is 0.497 e. The number of methoxy groups -OCH3 is 2. The van der Waals surface area contributed by atoms with E-state index in [1.54, 1.807) is 61.7 Å². The summed E-state index contributed by atoms with van der Waals surface area (Å²) in [6, 6.07) is 15.3. The van der Waals surface area contributed by atoms with Crippen LogP contribution in [0, 0.1) is 0 Å². The molecule has 8 heteroatoms. The number of carbonyl (C=O) groups excluding carboxylic acids is 2. The standard InChI is InChI=1S/C21H20N4O4/c1-13(26)14-4-6-15(7-5-14)22-20-11-10-18(24-25-20)21(27)23-17-9-8-16(28-2)12-19(17)29-3/h4-12H,1-3H3,(H,22,25)(H,23,27). The number of ketones is 1. The topological polar surface area (TPSA) is 102 Å². The maximum Gasteiger partial charge on any atom is 0.276 e. The zero-order valence-corrected chi connectivity index (χ0v) is 16.2. The average molecular weight is 392 g/mol. The molecule has 0 aliphatic rings. The van der Waals surface area contributed by atoms with E-state index >= 15 is 0 Å². The summed E-state index contributed by atoms with van der Waals surface area (Å²) in [7, 11) is 3.06. The van der Waals surface area contributed by atoms with Crippen molar-refractivity contribution >= 4 is 28.9 Å². The molecule has 0 aliphatic carbocycles. The first-order valence-corrected chi connectivity index (χ1v) is 8.75. The van der Waals surface area contributed by atoms with Crippen LogP contribution in [0.4, 0.5) is 17.2 Å². The van der Waals surface area contributed by atoms with Gasteiger partial charge in [0.05, 0.1) is 19.9 Å². The monoisotopic (exact) mass is 392 g/mol. The van der Waals surface area contributed by atoms with E-state index in [9.17, 15) is 9.59 Å². The predicted octanol–water partition coefficient (Wildman–Crippen LogP) is 3.69. The average Bonchev–Trinajstić information content (AvgIpc) is 2.74. The molecular formula is C21H20N4O4. The quantitative estimate of drug-likeness (QED) is 0.591. The van der Waals surface area contributed by atoms with Crippen LogP contribution in [-0.2, 0) is 0 Å². The van der Waals surface area contributed by atoms with Gasteiger partial charge in [-0.05, 0) is 55.5 Å². The third-order valence-electron chi connectivity index (χ3n) is 4.12. The summed E-state index contributed by atoms with van der Waals surface area (Å²) in [6.07, 6.45) is 0. The van der Waals surface area contributed by atoms with E-state index < -0.39 is 5.91 Å². The Kier molecular flexibility index (Phi) is 6.03. The minimum atomic E-state index is -0.418. The summed E-state index contributed by atoms with van der Waals surface area (Å²) in [5, 5.41) is 13.8. The molecule has 0 saturated heterocycles. The molecule has 1 aromatic heterocycles. The van der Waals surface area contributed by atoms with Crippen LogP contribution in [-0.4, -0.2) is 36.1 Å². The molecule has 0 atom stereocenters. The molecular weight excluding hydrogens is 372 g/mol. The fourth-order valence-corrected chi connectivity index (χ4v) is 2.54. The Bertz CT molecular complexity index is 1020. The summed E-state index contributed by atoms with van der Waals surface area (Å²) in [6.45, 7) is 1.51. The van der Waals surface area contributed by atoms with E-state index in [-0.39, 0.29) is 11.5 Å². The molecule has 29 heavy (non-hydrogen) atoms. The molecule has 3 aromatic rings. The lowest BCUT2D eigenvalue weighted by molar-refractivity contribution is 0.101. The van der Waals surface area contributed by atoms with Crippen LogP contribution in [0.25, 0.3) is 0 Å². The van der Waals surface area contributed by atoms with Gasteiger partial charge in [-0.2, -0.15) is 0 Å². The van der Waals surface area contributed by atoms with Crippen LogP contribution in [0.15, 0.2) is 54.6 Å². The van der Waals surface area contributed by atoms with Crippen LogP contribution in [0.1, 0.15) is 27.8 Å². The number of ether oxygens (including phenoxy) is 2. The maximum atomic E-state index is 12.5. The van der Waals surface area contributed by atoms with E-state index in [0.717, 1.165) is 5.69 Å². The number of nitrogens with zero attached hydrogens (tertiary/aromatic N) is 2. The van der Waals surface area contributed by atoms with Gasteiger partial charge in [0.2, 0.25) is 0 Å². The van der Waals surface area contributed by atoms with E-state index in [1.807, 2.05) is 0 Å². The number of Topliss-reactive ketones (excluding diaryl/α,β-unsaturated/α-hetero) is 1. The summed E-state index contributed by atoms with van der Waals surface area (Å²) in [5.74, 6) is 1.14. The van der Waals surface area contributed by atoms with Gasteiger partial charge in [-0.15, -0.1) is 10.2 Å². The molecule has 0 saturated carbocycles. The van der Waals surface area contributed by atoms with Crippen molar-refractivity contribution in [1.29, 1.82) is 0 Å². The number of carbonyl (C=O) groups is 2. The molecule has 1 amide bonds. The maximum absolute atomic E-state index is 12.5. The van der Waals surface area contributed by atoms with Crippen LogP contribution in [0.5, 0.6) is 11.5 Å². The first-order valence-electron chi connectivity index (χ1n) is 8.75. The number of anilines is 3. The summed E-state index contributed by atoms with van der Waals surface area (Å²) in [5.41, 5.74) is 2.03. The smallest absolute Gasteiger partial charge is 0.276 e. The van der Waals surface area contributed by atoms with Gasteiger partial charge in [0.15, 0.2) is 17.3 Å². The SMILES string of the molecule is COc1ccc(NC(=O)c2ccc(Nc3ccc(C(C)=O)cc3)nn2)c(OC)c1. The van der Waals surface area contributed by atoms with Crippen LogP contribution in [0.3, 0.4) is 0 Å². The lowest BCUT2D eigenvalue weighted by Gasteiger charge is -2.11. The van der Waals surface area contributed by atoms with Crippen molar-refractivity contribution in [3.05, 3.63) is 65.9 Å². The summed E-state index contributed by atoms with van der Waals surface area (Å²) < 4.78 is 10.4. The Morgan fingerprint density at radius 1 is 0.897 bits per heavy atom. The molecule has 8 nitrogen and oxygen atoms in total. The first kappa shape index (κ1) is 19.8. The van der Waals surface area contributed by atoms with Gasteiger partial charge >= 0.3 is 0 Å².